The second-order valence-corrected chi connectivity index (χ2v) is 7.10. The number of nitrogens with one attached hydrogen (secondary N) is 1. The molecule has 24 heavy (non-hydrogen) atoms. The Labute approximate surface area is 143 Å². The van der Waals surface area contributed by atoms with Crippen LogP contribution >= 0.6 is 0 Å². The van der Waals surface area contributed by atoms with Crippen molar-refractivity contribution in [1.82, 2.24) is 10.2 Å². The van der Waals surface area contributed by atoms with E-state index in [0.717, 1.165) is 31.6 Å². The van der Waals surface area contributed by atoms with Gasteiger partial charge in [-0.1, -0.05) is 12.1 Å². The topological polar surface area (TPSA) is 50.8 Å². The number of hydrogen-bond donors (Lipinski definition) is 1. The monoisotopic (exact) mass is 330 g/mol. The molecule has 1 aromatic carbocycles. The number of hydrogen-bond acceptors (Lipinski definition) is 4. The molecule has 2 saturated heterocycles. The predicted molar refractivity (Wildman–Crippen MR) is 91.0 cm³/mol. The molecule has 3 atom stereocenters. The fourth-order valence-corrected chi connectivity index (χ4v) is 4.09. The number of amides is 1. The predicted octanol–water partition coefficient (Wildman–Crippen LogP) is 2.27. The maximum atomic E-state index is 12.5. The van der Waals surface area contributed by atoms with E-state index in [-0.39, 0.29) is 24.1 Å². The summed E-state index contributed by atoms with van der Waals surface area (Å²) in [6.07, 6.45) is 5.10. The van der Waals surface area contributed by atoms with E-state index in [0.29, 0.717) is 12.6 Å². The van der Waals surface area contributed by atoms with Crippen molar-refractivity contribution in [2.45, 2.75) is 56.3 Å². The highest BCUT2D eigenvalue weighted by Gasteiger charge is 2.43. The van der Waals surface area contributed by atoms with Gasteiger partial charge in [0.05, 0.1) is 13.2 Å². The van der Waals surface area contributed by atoms with Gasteiger partial charge in [0.25, 0.3) is 0 Å². The molecular formula is C19H26N2O3. The molecule has 0 unspecified atom stereocenters. The Bertz CT molecular complexity index is 596. The van der Waals surface area contributed by atoms with Crippen LogP contribution in [0.1, 0.15) is 43.7 Å². The van der Waals surface area contributed by atoms with Crippen molar-refractivity contribution in [1.29, 1.82) is 0 Å². The molecule has 0 spiro atoms. The van der Waals surface area contributed by atoms with Crippen LogP contribution in [0, 0.1) is 0 Å². The summed E-state index contributed by atoms with van der Waals surface area (Å²) in [5.41, 5.74) is 1.23. The van der Waals surface area contributed by atoms with Crippen molar-refractivity contribution in [3.63, 3.8) is 0 Å². The lowest BCUT2D eigenvalue weighted by Gasteiger charge is -2.30. The van der Waals surface area contributed by atoms with Gasteiger partial charge in [-0.25, -0.2) is 0 Å². The van der Waals surface area contributed by atoms with Gasteiger partial charge in [0, 0.05) is 25.2 Å². The maximum absolute atomic E-state index is 12.5. The molecule has 1 saturated carbocycles. The number of likely N-dealkylation sites (tertiary alicyclic amines) is 1. The van der Waals surface area contributed by atoms with Crippen molar-refractivity contribution in [3.8, 4) is 5.75 Å². The van der Waals surface area contributed by atoms with Gasteiger partial charge in [-0.15, -0.1) is 0 Å². The normalized spacial score (nSPS) is 30.5. The molecule has 3 fully saturated rings. The Balaban J connectivity index is 1.54. The van der Waals surface area contributed by atoms with E-state index in [2.05, 4.69) is 22.3 Å². The molecule has 0 aromatic heterocycles. The lowest BCUT2D eigenvalue weighted by atomic mass is 9.99. The first-order valence-electron chi connectivity index (χ1n) is 9.08. The van der Waals surface area contributed by atoms with Gasteiger partial charge in [0.2, 0.25) is 5.91 Å². The second-order valence-electron chi connectivity index (χ2n) is 7.10. The van der Waals surface area contributed by atoms with Crippen LogP contribution in [0.25, 0.3) is 0 Å². The van der Waals surface area contributed by atoms with Crippen molar-refractivity contribution in [3.05, 3.63) is 29.8 Å². The second kappa shape index (κ2) is 6.73. The van der Waals surface area contributed by atoms with E-state index in [9.17, 15) is 4.79 Å². The zero-order valence-electron chi connectivity index (χ0n) is 14.2. The molecule has 2 heterocycles. The van der Waals surface area contributed by atoms with Gasteiger partial charge >= 0.3 is 0 Å². The van der Waals surface area contributed by atoms with Crippen LogP contribution in [0.2, 0.25) is 0 Å². The molecular weight excluding hydrogens is 304 g/mol. The first-order chi connectivity index (χ1) is 11.8. The molecule has 1 aliphatic carbocycles. The van der Waals surface area contributed by atoms with Gasteiger partial charge < -0.3 is 14.8 Å². The Kier molecular flexibility index (Phi) is 4.46. The zero-order chi connectivity index (χ0) is 16.5. The van der Waals surface area contributed by atoms with Crippen molar-refractivity contribution in [2.75, 3.05) is 20.3 Å². The van der Waals surface area contributed by atoms with Crippen molar-refractivity contribution < 1.29 is 14.3 Å². The van der Waals surface area contributed by atoms with E-state index in [1.54, 1.807) is 7.11 Å². The highest BCUT2D eigenvalue weighted by atomic mass is 16.5. The van der Waals surface area contributed by atoms with E-state index in [4.69, 9.17) is 9.47 Å². The summed E-state index contributed by atoms with van der Waals surface area (Å²) in [5, 5.41) is 3.27. The molecule has 1 N–H and O–H groups in total. The third-order valence-corrected chi connectivity index (χ3v) is 5.44. The SMILES string of the molecule is COc1cccc([C@@H]2[C@@H](NC(=O)[C@H]3CCCO3)CCN2C2CC2)c1. The largest absolute Gasteiger partial charge is 0.497 e. The standard InChI is InChI=1S/C19H26N2O3/c1-23-15-5-2-4-13(12-15)18-16(9-10-21(18)14-7-8-14)20-19(22)17-6-3-11-24-17/h2,4-5,12,14,16-18H,3,6-11H2,1H3,(H,20,22)/t16-,17+,18+/m0/s1. The first kappa shape index (κ1) is 15.9. The smallest absolute Gasteiger partial charge is 0.249 e. The van der Waals surface area contributed by atoms with E-state index >= 15 is 0 Å². The van der Waals surface area contributed by atoms with E-state index in [1.165, 1.54) is 18.4 Å². The Morgan fingerprint density at radius 3 is 2.88 bits per heavy atom. The lowest BCUT2D eigenvalue weighted by Crippen LogP contribution is -2.44. The molecule has 130 valence electrons. The lowest BCUT2D eigenvalue weighted by molar-refractivity contribution is -0.131. The summed E-state index contributed by atoms with van der Waals surface area (Å²) in [4.78, 5) is 15.1. The van der Waals surface area contributed by atoms with Gasteiger partial charge in [-0.05, 0) is 49.8 Å². The van der Waals surface area contributed by atoms with Gasteiger partial charge in [0.15, 0.2) is 0 Å². The summed E-state index contributed by atoms with van der Waals surface area (Å²) in [6, 6.07) is 9.32. The molecule has 5 heteroatoms. The highest BCUT2D eigenvalue weighted by Crippen LogP contribution is 2.41. The molecule has 2 aliphatic heterocycles. The Morgan fingerprint density at radius 2 is 2.17 bits per heavy atom. The van der Waals surface area contributed by atoms with Gasteiger partial charge in [-0.2, -0.15) is 0 Å². The Hall–Kier alpha value is -1.59. The average Bonchev–Trinajstić information content (AvgIpc) is 3.14. The van der Waals surface area contributed by atoms with E-state index in [1.807, 2.05) is 12.1 Å². The number of rotatable bonds is 5. The van der Waals surface area contributed by atoms with Crippen molar-refractivity contribution in [2.24, 2.45) is 0 Å². The summed E-state index contributed by atoms with van der Waals surface area (Å²) in [6.45, 7) is 1.75. The molecule has 5 nitrogen and oxygen atoms in total. The van der Waals surface area contributed by atoms with Gasteiger partial charge in [-0.3, -0.25) is 9.69 Å². The van der Waals surface area contributed by atoms with E-state index < -0.39 is 0 Å². The maximum Gasteiger partial charge on any atom is 0.249 e. The minimum absolute atomic E-state index is 0.0584. The number of carbonyl (C=O) groups excluding carboxylic acids is 1. The van der Waals surface area contributed by atoms with Crippen molar-refractivity contribution >= 4 is 5.91 Å². The van der Waals surface area contributed by atoms with Crippen LogP contribution in [-0.4, -0.2) is 49.3 Å². The fourth-order valence-electron chi connectivity index (χ4n) is 4.09. The summed E-state index contributed by atoms with van der Waals surface area (Å²) in [7, 11) is 1.70. The number of benzene rings is 1. The number of carbonyl (C=O) groups is 1. The number of ether oxygens (including phenoxy) is 2. The molecule has 1 amide bonds. The molecule has 0 radical (unpaired) electrons. The van der Waals surface area contributed by atoms with Crippen LogP contribution in [-0.2, 0) is 9.53 Å². The third-order valence-electron chi connectivity index (χ3n) is 5.44. The summed E-state index contributed by atoms with van der Waals surface area (Å²) >= 11 is 0. The first-order valence-corrected chi connectivity index (χ1v) is 9.08. The molecule has 1 aromatic rings. The molecule has 0 bridgehead atoms. The van der Waals surface area contributed by atoms with Crippen LogP contribution in [0.5, 0.6) is 5.75 Å². The average molecular weight is 330 g/mol. The number of methoxy groups -OCH3 is 1. The quantitative estimate of drug-likeness (QED) is 0.900. The van der Waals surface area contributed by atoms with Crippen LogP contribution in [0.15, 0.2) is 24.3 Å². The van der Waals surface area contributed by atoms with Crippen LogP contribution in [0.3, 0.4) is 0 Å². The Morgan fingerprint density at radius 1 is 1.29 bits per heavy atom. The van der Waals surface area contributed by atoms with Crippen LogP contribution in [0.4, 0.5) is 0 Å². The summed E-state index contributed by atoms with van der Waals surface area (Å²) < 4.78 is 10.9. The minimum Gasteiger partial charge on any atom is -0.497 e. The highest BCUT2D eigenvalue weighted by molar-refractivity contribution is 5.81. The fraction of sp³-hybridized carbons (Fsp3) is 0.632. The van der Waals surface area contributed by atoms with Gasteiger partial charge in [0.1, 0.15) is 11.9 Å². The molecule has 3 aliphatic rings. The minimum atomic E-state index is -0.258. The third kappa shape index (κ3) is 3.15. The number of nitrogens with zero attached hydrogens (tertiary/aromatic N) is 1. The molecule has 4 rings (SSSR count). The zero-order valence-corrected chi connectivity index (χ0v) is 14.2. The summed E-state index contributed by atoms with van der Waals surface area (Å²) in [5.74, 6) is 0.933. The van der Waals surface area contributed by atoms with Crippen LogP contribution < -0.4 is 10.1 Å².